The third-order valence-corrected chi connectivity index (χ3v) is 2.09. The van der Waals surface area contributed by atoms with Gasteiger partial charge < -0.3 is 10.2 Å². The Morgan fingerprint density at radius 2 is 2.25 bits per heavy atom. The van der Waals surface area contributed by atoms with E-state index in [-0.39, 0.29) is 6.54 Å². The molecular formula is C7H12F2N2S. The van der Waals surface area contributed by atoms with Crippen LogP contribution in [0.15, 0.2) is 0 Å². The predicted molar refractivity (Wildman–Crippen MR) is 47.4 cm³/mol. The van der Waals surface area contributed by atoms with Crippen LogP contribution in [0, 0.1) is 0 Å². The maximum absolute atomic E-state index is 11.9. The molecule has 0 aromatic heterocycles. The van der Waals surface area contributed by atoms with Crippen molar-refractivity contribution in [3.8, 4) is 0 Å². The lowest BCUT2D eigenvalue weighted by molar-refractivity contribution is 0.123. The van der Waals surface area contributed by atoms with Crippen LogP contribution in [0.4, 0.5) is 8.78 Å². The Bertz CT molecular complexity index is 171. The van der Waals surface area contributed by atoms with Crippen molar-refractivity contribution in [3.05, 3.63) is 0 Å². The molecule has 1 aliphatic carbocycles. The number of rotatable bonds is 3. The van der Waals surface area contributed by atoms with E-state index in [1.807, 2.05) is 0 Å². The van der Waals surface area contributed by atoms with Gasteiger partial charge in [-0.15, -0.1) is 0 Å². The highest BCUT2D eigenvalue weighted by Crippen LogP contribution is 2.18. The highest BCUT2D eigenvalue weighted by atomic mass is 32.1. The standard InChI is InChI=1S/C7H12F2N2S/c1-11(4-6(8)9)7(12)10-5-2-3-5/h5-6H,2-4H2,1H3,(H,10,12). The van der Waals surface area contributed by atoms with Crippen LogP contribution in [0.5, 0.6) is 0 Å². The summed E-state index contributed by atoms with van der Waals surface area (Å²) in [5.41, 5.74) is 0. The van der Waals surface area contributed by atoms with E-state index in [2.05, 4.69) is 5.32 Å². The Morgan fingerprint density at radius 3 is 2.67 bits per heavy atom. The van der Waals surface area contributed by atoms with Crippen molar-refractivity contribution in [1.82, 2.24) is 10.2 Å². The van der Waals surface area contributed by atoms with Gasteiger partial charge in [-0.2, -0.15) is 0 Å². The summed E-state index contributed by atoms with van der Waals surface area (Å²) < 4.78 is 23.7. The summed E-state index contributed by atoms with van der Waals surface area (Å²) in [5, 5.41) is 3.41. The Morgan fingerprint density at radius 1 is 1.67 bits per heavy atom. The molecule has 0 radical (unpaired) electrons. The minimum absolute atomic E-state index is 0.293. The first kappa shape index (κ1) is 9.64. The third-order valence-electron chi connectivity index (χ3n) is 1.66. The molecule has 0 bridgehead atoms. The first-order valence-electron chi connectivity index (χ1n) is 3.89. The van der Waals surface area contributed by atoms with Crippen LogP contribution in [-0.2, 0) is 0 Å². The summed E-state index contributed by atoms with van der Waals surface area (Å²) in [6.07, 6.45) is -0.125. The lowest BCUT2D eigenvalue weighted by Gasteiger charge is -2.20. The van der Waals surface area contributed by atoms with E-state index in [1.54, 1.807) is 7.05 Å². The van der Waals surface area contributed by atoms with Gasteiger partial charge in [0.25, 0.3) is 6.43 Å². The van der Waals surface area contributed by atoms with Gasteiger partial charge in [0.1, 0.15) is 0 Å². The molecule has 0 aromatic rings. The number of nitrogens with one attached hydrogen (secondary N) is 1. The second-order valence-corrected chi connectivity index (χ2v) is 3.38. The van der Waals surface area contributed by atoms with Crippen LogP contribution in [-0.4, -0.2) is 36.1 Å². The molecule has 2 nitrogen and oxygen atoms in total. The Kier molecular flexibility index (Phi) is 3.20. The average molecular weight is 194 g/mol. The maximum Gasteiger partial charge on any atom is 0.255 e. The quantitative estimate of drug-likeness (QED) is 0.680. The van der Waals surface area contributed by atoms with Crippen molar-refractivity contribution in [2.45, 2.75) is 25.3 Å². The molecule has 12 heavy (non-hydrogen) atoms. The highest BCUT2D eigenvalue weighted by Gasteiger charge is 2.23. The fourth-order valence-electron chi connectivity index (χ4n) is 0.802. The van der Waals surface area contributed by atoms with Gasteiger partial charge in [-0.1, -0.05) is 0 Å². The van der Waals surface area contributed by atoms with Crippen molar-refractivity contribution in [2.75, 3.05) is 13.6 Å². The molecule has 0 aromatic carbocycles. The van der Waals surface area contributed by atoms with Gasteiger partial charge in [0.05, 0.1) is 6.54 Å². The summed E-state index contributed by atoms with van der Waals surface area (Å²) >= 11 is 4.89. The number of alkyl halides is 2. The van der Waals surface area contributed by atoms with Crippen LogP contribution < -0.4 is 5.32 Å². The number of hydrogen-bond donors (Lipinski definition) is 1. The summed E-state index contributed by atoms with van der Waals surface area (Å²) in [6, 6.07) is 0.428. The summed E-state index contributed by atoms with van der Waals surface area (Å²) in [7, 11) is 1.57. The molecular weight excluding hydrogens is 182 g/mol. The first-order chi connectivity index (χ1) is 5.59. The maximum atomic E-state index is 11.9. The number of thiocarbonyl (C=S) groups is 1. The minimum Gasteiger partial charge on any atom is -0.360 e. The molecule has 1 saturated carbocycles. The molecule has 1 aliphatic rings. The lowest BCUT2D eigenvalue weighted by Crippen LogP contribution is -2.40. The van der Waals surface area contributed by atoms with Crippen molar-refractivity contribution in [3.63, 3.8) is 0 Å². The minimum atomic E-state index is -2.33. The summed E-state index contributed by atoms with van der Waals surface area (Å²) in [5.74, 6) is 0. The summed E-state index contributed by atoms with van der Waals surface area (Å²) in [4.78, 5) is 1.37. The molecule has 0 spiro atoms. The van der Waals surface area contributed by atoms with Crippen LogP contribution in [0.25, 0.3) is 0 Å². The second kappa shape index (κ2) is 3.98. The third kappa shape index (κ3) is 3.30. The Labute approximate surface area is 75.9 Å². The largest absolute Gasteiger partial charge is 0.360 e. The van der Waals surface area contributed by atoms with E-state index in [0.717, 1.165) is 12.8 Å². The molecule has 1 rings (SSSR count). The van der Waals surface area contributed by atoms with Gasteiger partial charge in [-0.05, 0) is 25.1 Å². The van der Waals surface area contributed by atoms with E-state index in [4.69, 9.17) is 12.2 Å². The van der Waals surface area contributed by atoms with Gasteiger partial charge in [0.2, 0.25) is 0 Å². The summed E-state index contributed by atoms with van der Waals surface area (Å²) in [6.45, 7) is -0.293. The molecule has 0 amide bonds. The second-order valence-electron chi connectivity index (χ2n) is 3.00. The fourth-order valence-corrected chi connectivity index (χ4v) is 1.04. The molecule has 1 N–H and O–H groups in total. The zero-order valence-electron chi connectivity index (χ0n) is 6.89. The van der Waals surface area contributed by atoms with E-state index >= 15 is 0 Å². The van der Waals surface area contributed by atoms with Crippen molar-refractivity contribution in [1.29, 1.82) is 0 Å². The zero-order valence-corrected chi connectivity index (χ0v) is 7.70. The zero-order chi connectivity index (χ0) is 9.14. The molecule has 70 valence electrons. The topological polar surface area (TPSA) is 15.3 Å². The van der Waals surface area contributed by atoms with Gasteiger partial charge in [-0.3, -0.25) is 0 Å². The molecule has 0 saturated heterocycles. The average Bonchev–Trinajstić information content (AvgIpc) is 2.70. The predicted octanol–water partition coefficient (Wildman–Crippen LogP) is 1.22. The molecule has 0 aliphatic heterocycles. The first-order valence-corrected chi connectivity index (χ1v) is 4.30. The molecule has 0 atom stereocenters. The van der Waals surface area contributed by atoms with Crippen molar-refractivity contribution < 1.29 is 8.78 Å². The SMILES string of the molecule is CN(CC(F)F)C(=S)NC1CC1. The Balaban J connectivity index is 2.19. The van der Waals surface area contributed by atoms with Crippen molar-refractivity contribution in [2.24, 2.45) is 0 Å². The smallest absolute Gasteiger partial charge is 0.255 e. The molecule has 5 heteroatoms. The van der Waals surface area contributed by atoms with Crippen LogP contribution in [0.3, 0.4) is 0 Å². The van der Waals surface area contributed by atoms with Gasteiger partial charge >= 0.3 is 0 Å². The highest BCUT2D eigenvalue weighted by molar-refractivity contribution is 7.80. The van der Waals surface area contributed by atoms with Crippen LogP contribution in [0.1, 0.15) is 12.8 Å². The van der Waals surface area contributed by atoms with Crippen LogP contribution in [0.2, 0.25) is 0 Å². The van der Waals surface area contributed by atoms with Gasteiger partial charge in [0.15, 0.2) is 5.11 Å². The van der Waals surface area contributed by atoms with E-state index in [0.29, 0.717) is 11.2 Å². The normalized spacial score (nSPS) is 16.3. The van der Waals surface area contributed by atoms with E-state index in [1.165, 1.54) is 4.90 Å². The molecule has 1 fully saturated rings. The van der Waals surface area contributed by atoms with Crippen LogP contribution >= 0.6 is 12.2 Å². The number of nitrogens with zero attached hydrogens (tertiary/aromatic N) is 1. The molecule has 0 unspecified atom stereocenters. The monoisotopic (exact) mass is 194 g/mol. The number of hydrogen-bond acceptors (Lipinski definition) is 1. The lowest BCUT2D eigenvalue weighted by atomic mass is 10.6. The fraction of sp³-hybridized carbons (Fsp3) is 0.857. The van der Waals surface area contributed by atoms with E-state index in [9.17, 15) is 8.78 Å². The van der Waals surface area contributed by atoms with Gasteiger partial charge in [-0.25, -0.2) is 8.78 Å². The Hall–Kier alpha value is -0.450. The van der Waals surface area contributed by atoms with Gasteiger partial charge in [0, 0.05) is 13.1 Å². The van der Waals surface area contributed by atoms with Crippen molar-refractivity contribution >= 4 is 17.3 Å². The number of halogens is 2. The molecule has 0 heterocycles. The van der Waals surface area contributed by atoms with E-state index < -0.39 is 6.43 Å².